The number of nitrogens with zero attached hydrogens (tertiary/aromatic N) is 3. The Morgan fingerprint density at radius 2 is 1.88 bits per heavy atom. The van der Waals surface area contributed by atoms with Gasteiger partial charge in [0, 0.05) is 29.9 Å². The number of aromatic hydroxyl groups is 1. The molecule has 2 aliphatic rings. The number of hydrogen-bond donors (Lipinski definition) is 2. The molecule has 2 heterocycles. The number of benzene rings is 2. The summed E-state index contributed by atoms with van der Waals surface area (Å²) in [6.45, 7) is 0.519. The Balaban J connectivity index is 1.33. The van der Waals surface area contributed by atoms with Gasteiger partial charge in [-0.2, -0.15) is 5.10 Å². The minimum absolute atomic E-state index is 0.0443. The number of ether oxygens (including phenoxy) is 1. The molecule has 1 aliphatic heterocycles. The van der Waals surface area contributed by atoms with Gasteiger partial charge in [0.2, 0.25) is 0 Å². The van der Waals surface area contributed by atoms with Gasteiger partial charge in [0.05, 0.1) is 30.5 Å². The van der Waals surface area contributed by atoms with E-state index in [1.807, 2.05) is 54.6 Å². The predicted molar refractivity (Wildman–Crippen MR) is 129 cm³/mol. The number of rotatable bonds is 6. The second-order valence-electron chi connectivity index (χ2n) is 8.73. The second-order valence-corrected chi connectivity index (χ2v) is 8.73. The van der Waals surface area contributed by atoms with E-state index in [4.69, 9.17) is 4.74 Å². The highest BCUT2D eigenvalue weighted by Gasteiger charge is 2.37. The summed E-state index contributed by atoms with van der Waals surface area (Å²) < 4.78 is 6.17. The summed E-state index contributed by atoms with van der Waals surface area (Å²) in [5, 5.41) is 19.8. The summed E-state index contributed by atoms with van der Waals surface area (Å²) in [4.78, 5) is 17.6. The molecular weight excluding hydrogens is 428 g/mol. The van der Waals surface area contributed by atoms with Crippen molar-refractivity contribution in [3.8, 4) is 5.75 Å². The number of amides is 2. The van der Waals surface area contributed by atoms with Crippen molar-refractivity contribution in [1.82, 2.24) is 15.3 Å². The maximum absolute atomic E-state index is 13.4. The van der Waals surface area contributed by atoms with Gasteiger partial charge in [-0.3, -0.25) is 4.98 Å². The van der Waals surface area contributed by atoms with Crippen LogP contribution in [0.3, 0.4) is 0 Å². The van der Waals surface area contributed by atoms with E-state index in [0.717, 1.165) is 36.1 Å². The molecule has 7 heteroatoms. The minimum Gasteiger partial charge on any atom is -0.508 e. The van der Waals surface area contributed by atoms with E-state index in [1.165, 1.54) is 5.01 Å². The molecule has 7 nitrogen and oxygen atoms in total. The van der Waals surface area contributed by atoms with Crippen LogP contribution in [0.5, 0.6) is 5.75 Å². The van der Waals surface area contributed by atoms with Gasteiger partial charge in [0.25, 0.3) is 0 Å². The average Bonchev–Trinajstić information content (AvgIpc) is 3.51. The van der Waals surface area contributed by atoms with Crippen LogP contribution in [0.15, 0.2) is 84.2 Å². The van der Waals surface area contributed by atoms with E-state index in [0.29, 0.717) is 18.6 Å². The Hall–Kier alpha value is -3.71. The lowest BCUT2D eigenvalue weighted by molar-refractivity contribution is 0.0286. The minimum atomic E-state index is -0.401. The standard InChI is InChI=1S/C27H28N4O3/c32-25-13-5-4-11-21(25)24-16-23(20-10-7-15-28-17-20)30-31(24)27(33)29-22-12-6-14-26(22)34-18-19-8-2-1-3-9-19/h1-5,7-11,13,15,17,22,24,26,32H,6,12,14,16,18H2,(H,29,33)/t22-,24?,26-/m1/s1. The molecule has 174 valence electrons. The number of phenolic OH excluding ortho intramolecular Hbond substituents is 1. The number of pyridine rings is 1. The first-order chi connectivity index (χ1) is 16.7. The number of hydrazone groups is 1. The number of carbonyl (C=O) groups excluding carboxylic acids is 1. The summed E-state index contributed by atoms with van der Waals surface area (Å²) in [6.07, 6.45) is 6.67. The highest BCUT2D eigenvalue weighted by atomic mass is 16.5. The van der Waals surface area contributed by atoms with Gasteiger partial charge in [0.15, 0.2) is 0 Å². The monoisotopic (exact) mass is 456 g/mol. The molecule has 2 N–H and O–H groups in total. The summed E-state index contributed by atoms with van der Waals surface area (Å²) in [5.74, 6) is 0.151. The molecule has 1 fully saturated rings. The predicted octanol–water partition coefficient (Wildman–Crippen LogP) is 4.79. The molecule has 1 unspecified atom stereocenters. The van der Waals surface area contributed by atoms with Crippen LogP contribution in [-0.4, -0.2) is 39.0 Å². The zero-order valence-corrected chi connectivity index (χ0v) is 18.9. The molecule has 0 bridgehead atoms. The highest BCUT2D eigenvalue weighted by Crippen LogP contribution is 2.37. The number of carbonyl (C=O) groups is 1. The van der Waals surface area contributed by atoms with Crippen molar-refractivity contribution < 1.29 is 14.6 Å². The molecule has 2 amide bonds. The second kappa shape index (κ2) is 10.1. The van der Waals surface area contributed by atoms with Crippen molar-refractivity contribution in [1.29, 1.82) is 0 Å². The molecule has 3 atom stereocenters. The number of hydrogen-bond acceptors (Lipinski definition) is 5. The number of para-hydroxylation sites is 1. The Morgan fingerprint density at radius 3 is 2.68 bits per heavy atom. The lowest BCUT2D eigenvalue weighted by Crippen LogP contribution is -2.46. The lowest BCUT2D eigenvalue weighted by Gasteiger charge is -2.27. The van der Waals surface area contributed by atoms with Crippen LogP contribution < -0.4 is 5.32 Å². The number of nitrogens with one attached hydrogen (secondary N) is 1. The summed E-state index contributed by atoms with van der Waals surface area (Å²) >= 11 is 0. The molecule has 1 aliphatic carbocycles. The van der Waals surface area contributed by atoms with E-state index in [9.17, 15) is 9.90 Å². The molecule has 1 saturated carbocycles. The topological polar surface area (TPSA) is 87.0 Å². The smallest absolute Gasteiger partial charge is 0.338 e. The van der Waals surface area contributed by atoms with Crippen molar-refractivity contribution in [3.05, 3.63) is 95.8 Å². The van der Waals surface area contributed by atoms with Crippen LogP contribution in [0.25, 0.3) is 0 Å². The number of urea groups is 1. The van der Waals surface area contributed by atoms with E-state index in [1.54, 1.807) is 24.5 Å². The van der Waals surface area contributed by atoms with Gasteiger partial charge in [-0.1, -0.05) is 54.6 Å². The van der Waals surface area contributed by atoms with Crippen molar-refractivity contribution in [2.45, 2.75) is 50.5 Å². The quantitative estimate of drug-likeness (QED) is 0.559. The molecule has 5 rings (SSSR count). The number of aromatic nitrogens is 1. The first-order valence-corrected chi connectivity index (χ1v) is 11.7. The fraction of sp³-hybridized carbons (Fsp3) is 0.296. The van der Waals surface area contributed by atoms with E-state index < -0.39 is 6.04 Å². The van der Waals surface area contributed by atoms with Crippen LogP contribution in [0.1, 0.15) is 48.4 Å². The summed E-state index contributed by atoms with van der Waals surface area (Å²) in [5.41, 5.74) is 3.41. The third-order valence-electron chi connectivity index (χ3n) is 6.48. The van der Waals surface area contributed by atoms with E-state index in [-0.39, 0.29) is 23.9 Å². The maximum Gasteiger partial charge on any atom is 0.338 e. The van der Waals surface area contributed by atoms with E-state index in [2.05, 4.69) is 15.4 Å². The molecular formula is C27H28N4O3. The van der Waals surface area contributed by atoms with Gasteiger partial charge < -0.3 is 15.2 Å². The Labute approximate surface area is 199 Å². The summed E-state index contributed by atoms with van der Waals surface area (Å²) in [7, 11) is 0. The third kappa shape index (κ3) is 4.79. The molecule has 0 radical (unpaired) electrons. The Kier molecular flexibility index (Phi) is 6.53. The van der Waals surface area contributed by atoms with Crippen molar-refractivity contribution in [3.63, 3.8) is 0 Å². The van der Waals surface area contributed by atoms with Crippen molar-refractivity contribution in [2.24, 2.45) is 5.10 Å². The molecule has 3 aromatic rings. The van der Waals surface area contributed by atoms with Gasteiger partial charge in [-0.15, -0.1) is 0 Å². The number of phenols is 1. The zero-order valence-electron chi connectivity index (χ0n) is 18.9. The van der Waals surface area contributed by atoms with Crippen molar-refractivity contribution in [2.75, 3.05) is 0 Å². The normalized spacial score (nSPS) is 21.9. The fourth-order valence-corrected chi connectivity index (χ4v) is 4.71. The van der Waals surface area contributed by atoms with Gasteiger partial charge in [-0.25, -0.2) is 9.80 Å². The Bertz CT molecular complexity index is 1150. The molecule has 0 saturated heterocycles. The molecule has 34 heavy (non-hydrogen) atoms. The van der Waals surface area contributed by atoms with Crippen molar-refractivity contribution >= 4 is 11.7 Å². The molecule has 1 aromatic heterocycles. The van der Waals surface area contributed by atoms with E-state index >= 15 is 0 Å². The van der Waals surface area contributed by atoms with Crippen LogP contribution in [-0.2, 0) is 11.3 Å². The fourth-order valence-electron chi connectivity index (χ4n) is 4.71. The van der Waals surface area contributed by atoms with Crippen LogP contribution in [0.4, 0.5) is 4.79 Å². The highest BCUT2D eigenvalue weighted by molar-refractivity contribution is 6.03. The van der Waals surface area contributed by atoms with Gasteiger partial charge in [0.1, 0.15) is 5.75 Å². The zero-order chi connectivity index (χ0) is 23.3. The molecule has 2 aromatic carbocycles. The van der Waals surface area contributed by atoms with Crippen LogP contribution in [0.2, 0.25) is 0 Å². The van der Waals surface area contributed by atoms with Crippen LogP contribution in [0, 0.1) is 0 Å². The molecule has 0 spiro atoms. The lowest BCUT2D eigenvalue weighted by atomic mass is 9.98. The first kappa shape index (κ1) is 22.1. The largest absolute Gasteiger partial charge is 0.508 e. The Morgan fingerprint density at radius 1 is 1.06 bits per heavy atom. The SMILES string of the molecule is O=C(N[C@@H]1CCC[C@H]1OCc1ccccc1)N1N=C(c2cccnc2)CC1c1ccccc1O. The first-order valence-electron chi connectivity index (χ1n) is 11.7. The van der Waals surface area contributed by atoms with Crippen LogP contribution >= 0.6 is 0 Å². The van der Waals surface area contributed by atoms with Gasteiger partial charge in [-0.05, 0) is 37.0 Å². The average molecular weight is 457 g/mol. The maximum atomic E-state index is 13.4. The summed E-state index contributed by atoms with van der Waals surface area (Å²) in [6, 6.07) is 20.2. The van der Waals surface area contributed by atoms with Gasteiger partial charge >= 0.3 is 6.03 Å². The third-order valence-corrected chi connectivity index (χ3v) is 6.48.